The molecule has 0 aliphatic heterocycles. The lowest BCUT2D eigenvalue weighted by atomic mass is 10.0. The second kappa shape index (κ2) is 7.15. The van der Waals surface area contributed by atoms with Crippen molar-refractivity contribution in [3.05, 3.63) is 35.4 Å². The average Bonchev–Trinajstić information content (AvgIpc) is 2.38. The Bertz CT molecular complexity index is 537. The molecule has 1 atom stereocenters. The van der Waals surface area contributed by atoms with Crippen LogP contribution in [0.15, 0.2) is 29.4 Å². The molecule has 106 valence electrons. The number of nitrogens with one attached hydrogen (secondary N) is 1. The smallest absolute Gasteiger partial charge is 0.320 e. The summed E-state index contributed by atoms with van der Waals surface area (Å²) in [5, 5.41) is 12.2. The molecule has 20 heavy (non-hydrogen) atoms. The van der Waals surface area contributed by atoms with Gasteiger partial charge in [-0.2, -0.15) is 5.10 Å². The van der Waals surface area contributed by atoms with Crippen molar-refractivity contribution < 1.29 is 19.5 Å². The third-order valence-corrected chi connectivity index (χ3v) is 2.42. The van der Waals surface area contributed by atoms with Crippen LogP contribution in [-0.4, -0.2) is 35.0 Å². The Hall–Kier alpha value is -2.54. The summed E-state index contributed by atoms with van der Waals surface area (Å²) in [6, 6.07) is 5.38. The van der Waals surface area contributed by atoms with Gasteiger partial charge in [0.25, 0.3) is 0 Å². The zero-order valence-electron chi connectivity index (χ0n) is 10.9. The molecule has 1 unspecified atom stereocenters. The summed E-state index contributed by atoms with van der Waals surface area (Å²) in [4.78, 5) is 32.8. The Morgan fingerprint density at radius 2 is 1.95 bits per heavy atom. The quantitative estimate of drug-likeness (QED) is 0.382. The predicted octanol–water partition coefficient (Wildman–Crippen LogP) is -0.0544. The number of carboxylic acids is 1. The molecule has 7 heteroatoms. The number of nitrogens with two attached hydrogens (primary N) is 1. The monoisotopic (exact) mass is 277 g/mol. The molecule has 0 heterocycles. The molecule has 0 fully saturated rings. The largest absolute Gasteiger partial charge is 0.480 e. The van der Waals surface area contributed by atoms with E-state index < -0.39 is 12.0 Å². The molecule has 0 aromatic heterocycles. The Balaban J connectivity index is 2.66. The van der Waals surface area contributed by atoms with E-state index in [2.05, 4.69) is 10.5 Å². The van der Waals surface area contributed by atoms with E-state index >= 15 is 0 Å². The van der Waals surface area contributed by atoms with Gasteiger partial charge in [0.15, 0.2) is 0 Å². The standard InChI is InChI=1S/C13H15N3O4/c1-8(17)16-15-7-12(18)10-4-2-9(3-5-10)6-11(14)13(19)20/h2-5,7,11H,6,14H2,1H3,(H,16,17)(H,19,20). The number of amides is 1. The van der Waals surface area contributed by atoms with Gasteiger partial charge in [-0.15, -0.1) is 0 Å². The highest BCUT2D eigenvalue weighted by atomic mass is 16.4. The molecule has 1 aromatic carbocycles. The normalized spacial score (nSPS) is 12.1. The van der Waals surface area contributed by atoms with Gasteiger partial charge in [0, 0.05) is 12.5 Å². The number of carbonyl (C=O) groups is 3. The summed E-state index contributed by atoms with van der Waals surface area (Å²) in [5.41, 5.74) is 8.64. The molecule has 0 spiro atoms. The highest BCUT2D eigenvalue weighted by Crippen LogP contribution is 2.07. The van der Waals surface area contributed by atoms with Crippen LogP contribution >= 0.6 is 0 Å². The van der Waals surface area contributed by atoms with E-state index in [4.69, 9.17) is 10.8 Å². The molecule has 1 rings (SSSR count). The van der Waals surface area contributed by atoms with Crippen molar-refractivity contribution in [2.24, 2.45) is 10.8 Å². The molecular weight excluding hydrogens is 262 g/mol. The maximum absolute atomic E-state index is 11.6. The number of hydrogen-bond donors (Lipinski definition) is 3. The number of carbonyl (C=O) groups excluding carboxylic acids is 2. The SMILES string of the molecule is CC(=O)NN=CC(=O)c1ccc(CC(N)C(=O)O)cc1. The van der Waals surface area contributed by atoms with E-state index in [9.17, 15) is 14.4 Å². The topological polar surface area (TPSA) is 122 Å². The summed E-state index contributed by atoms with van der Waals surface area (Å²) >= 11 is 0. The van der Waals surface area contributed by atoms with Gasteiger partial charge in [-0.05, 0) is 12.0 Å². The van der Waals surface area contributed by atoms with Crippen molar-refractivity contribution in [3.63, 3.8) is 0 Å². The van der Waals surface area contributed by atoms with Gasteiger partial charge in [-0.25, -0.2) is 5.43 Å². The molecule has 0 aliphatic rings. The Morgan fingerprint density at radius 3 is 2.45 bits per heavy atom. The van der Waals surface area contributed by atoms with Crippen molar-refractivity contribution in [3.8, 4) is 0 Å². The van der Waals surface area contributed by atoms with Crippen molar-refractivity contribution >= 4 is 23.9 Å². The fraction of sp³-hybridized carbons (Fsp3) is 0.231. The first kappa shape index (κ1) is 15.5. The lowest BCUT2D eigenvalue weighted by molar-refractivity contribution is -0.138. The minimum absolute atomic E-state index is 0.184. The van der Waals surface area contributed by atoms with Crippen LogP contribution in [0, 0.1) is 0 Å². The van der Waals surface area contributed by atoms with Crippen LogP contribution in [0.1, 0.15) is 22.8 Å². The molecule has 1 aromatic rings. The van der Waals surface area contributed by atoms with Crippen LogP contribution in [0.25, 0.3) is 0 Å². The number of Topliss-reactive ketones (excluding diaryl/α,β-unsaturated/α-hetero) is 1. The van der Waals surface area contributed by atoms with Crippen molar-refractivity contribution in [1.82, 2.24) is 5.43 Å². The summed E-state index contributed by atoms with van der Waals surface area (Å²) in [6.07, 6.45) is 1.18. The summed E-state index contributed by atoms with van der Waals surface area (Å²) < 4.78 is 0. The zero-order chi connectivity index (χ0) is 15.1. The highest BCUT2D eigenvalue weighted by Gasteiger charge is 2.12. The van der Waals surface area contributed by atoms with Crippen molar-refractivity contribution in [1.29, 1.82) is 0 Å². The van der Waals surface area contributed by atoms with Crippen LogP contribution in [-0.2, 0) is 16.0 Å². The van der Waals surface area contributed by atoms with E-state index in [1.165, 1.54) is 6.92 Å². The third-order valence-electron chi connectivity index (χ3n) is 2.42. The van der Waals surface area contributed by atoms with Crippen molar-refractivity contribution in [2.75, 3.05) is 0 Å². The number of ketones is 1. The first-order chi connectivity index (χ1) is 9.40. The second-order valence-electron chi connectivity index (χ2n) is 4.14. The molecule has 4 N–H and O–H groups in total. The number of hydrazone groups is 1. The average molecular weight is 277 g/mol. The number of benzene rings is 1. The van der Waals surface area contributed by atoms with E-state index in [0.717, 1.165) is 11.8 Å². The van der Waals surface area contributed by atoms with E-state index in [0.29, 0.717) is 5.56 Å². The van der Waals surface area contributed by atoms with Gasteiger partial charge >= 0.3 is 5.97 Å². The van der Waals surface area contributed by atoms with E-state index in [1.807, 2.05) is 0 Å². The second-order valence-corrected chi connectivity index (χ2v) is 4.14. The Morgan fingerprint density at radius 1 is 1.35 bits per heavy atom. The fourth-order valence-electron chi connectivity index (χ4n) is 1.40. The fourth-order valence-corrected chi connectivity index (χ4v) is 1.40. The zero-order valence-corrected chi connectivity index (χ0v) is 10.9. The van der Waals surface area contributed by atoms with Crippen molar-refractivity contribution in [2.45, 2.75) is 19.4 Å². The number of hydrogen-bond acceptors (Lipinski definition) is 5. The van der Waals surface area contributed by atoms with Gasteiger partial charge in [0.05, 0.1) is 6.21 Å². The van der Waals surface area contributed by atoms with E-state index in [1.54, 1.807) is 24.3 Å². The first-order valence-corrected chi connectivity index (χ1v) is 5.81. The lowest BCUT2D eigenvalue weighted by Gasteiger charge is -2.06. The van der Waals surface area contributed by atoms with Gasteiger partial charge in [0.1, 0.15) is 6.04 Å². The minimum Gasteiger partial charge on any atom is -0.480 e. The molecule has 0 aliphatic carbocycles. The molecule has 0 bridgehead atoms. The summed E-state index contributed by atoms with van der Waals surface area (Å²) in [5.74, 6) is -1.81. The molecule has 0 saturated carbocycles. The van der Waals surface area contributed by atoms with Crippen LogP contribution < -0.4 is 11.2 Å². The Labute approximate surface area is 115 Å². The van der Waals surface area contributed by atoms with Gasteiger partial charge in [0.2, 0.25) is 11.7 Å². The predicted molar refractivity (Wildman–Crippen MR) is 72.4 cm³/mol. The van der Waals surface area contributed by atoms with Gasteiger partial charge in [-0.3, -0.25) is 14.4 Å². The Kier molecular flexibility index (Phi) is 5.55. The summed E-state index contributed by atoms with van der Waals surface area (Å²) in [7, 11) is 0. The maximum atomic E-state index is 11.6. The number of nitrogens with zero attached hydrogens (tertiary/aromatic N) is 1. The third kappa shape index (κ3) is 4.99. The molecule has 0 saturated heterocycles. The highest BCUT2D eigenvalue weighted by molar-refractivity contribution is 6.35. The number of aliphatic carboxylic acids is 1. The van der Waals surface area contributed by atoms with E-state index in [-0.39, 0.29) is 18.1 Å². The van der Waals surface area contributed by atoms with Crippen LogP contribution in [0.2, 0.25) is 0 Å². The van der Waals surface area contributed by atoms with Crippen LogP contribution in [0.3, 0.4) is 0 Å². The first-order valence-electron chi connectivity index (χ1n) is 5.81. The van der Waals surface area contributed by atoms with Gasteiger partial charge in [-0.1, -0.05) is 24.3 Å². The lowest BCUT2D eigenvalue weighted by Crippen LogP contribution is -2.32. The molecule has 0 radical (unpaired) electrons. The van der Waals surface area contributed by atoms with Crippen LogP contribution in [0.4, 0.5) is 0 Å². The molecule has 7 nitrogen and oxygen atoms in total. The molecular formula is C13H15N3O4. The van der Waals surface area contributed by atoms with Gasteiger partial charge < -0.3 is 10.8 Å². The van der Waals surface area contributed by atoms with Crippen LogP contribution in [0.5, 0.6) is 0 Å². The molecule has 1 amide bonds. The maximum Gasteiger partial charge on any atom is 0.320 e. The number of rotatable bonds is 6. The number of carboxylic acid groups (broad SMARTS) is 1. The minimum atomic E-state index is -1.08. The summed E-state index contributed by atoms with van der Waals surface area (Å²) in [6.45, 7) is 1.28.